The third-order valence-electron chi connectivity index (χ3n) is 2.88. The monoisotopic (exact) mass is 432 g/mol. The average molecular weight is 432 g/mol. The highest BCUT2D eigenvalue weighted by Crippen LogP contribution is 2.39. The lowest BCUT2D eigenvalue weighted by Crippen LogP contribution is -2.33. The maximum Gasteiger partial charge on any atom is 0.351 e. The summed E-state index contributed by atoms with van der Waals surface area (Å²) in [6, 6.07) is 0. The van der Waals surface area contributed by atoms with E-state index in [2.05, 4.69) is 4.98 Å². The number of aromatic nitrogens is 2. The molecule has 1 aromatic heterocycles. The normalized spacial score (nSPS) is 26.2. The van der Waals surface area contributed by atoms with Gasteiger partial charge in [-0.25, -0.2) is 4.79 Å². The van der Waals surface area contributed by atoms with Crippen LogP contribution in [0.25, 0.3) is 0 Å². The van der Waals surface area contributed by atoms with Crippen LogP contribution in [0.4, 0.5) is 0 Å². The first kappa shape index (κ1) is 16.8. The highest BCUT2D eigenvalue weighted by molar-refractivity contribution is 14.1. The standard InChI is InChI=1S/C10H14IN2O7P/c1-5-3-13(10(15)12-8(5)14)7-2-6(11)9(20-7)19-4-21(16,17)18/h3,6-7,9H,2,4H2,1H3,(H,12,14,15)(H2,16,17,18)/t6-,7+,9-/m0/s1. The largest absolute Gasteiger partial charge is 0.351 e. The molecule has 9 nitrogen and oxygen atoms in total. The molecule has 2 rings (SSSR count). The number of aromatic amines is 1. The van der Waals surface area contributed by atoms with Gasteiger partial charge < -0.3 is 19.3 Å². The lowest BCUT2D eigenvalue weighted by molar-refractivity contribution is -0.139. The van der Waals surface area contributed by atoms with E-state index >= 15 is 0 Å². The summed E-state index contributed by atoms with van der Waals surface area (Å²) in [4.78, 5) is 42.9. The van der Waals surface area contributed by atoms with Crippen molar-refractivity contribution >= 4 is 30.2 Å². The van der Waals surface area contributed by atoms with E-state index < -0.39 is 37.7 Å². The van der Waals surface area contributed by atoms with E-state index in [4.69, 9.17) is 19.3 Å². The maximum absolute atomic E-state index is 11.8. The number of aryl methyl sites for hydroxylation is 1. The van der Waals surface area contributed by atoms with Crippen LogP contribution in [0.1, 0.15) is 18.2 Å². The molecular weight excluding hydrogens is 418 g/mol. The van der Waals surface area contributed by atoms with Gasteiger partial charge in [0.15, 0.2) is 12.6 Å². The van der Waals surface area contributed by atoms with Gasteiger partial charge in [0.1, 0.15) is 6.23 Å². The van der Waals surface area contributed by atoms with E-state index in [1.807, 2.05) is 22.6 Å². The lowest BCUT2D eigenvalue weighted by Gasteiger charge is -2.17. The second kappa shape index (κ2) is 6.31. The fourth-order valence-electron chi connectivity index (χ4n) is 1.89. The molecule has 2 heterocycles. The van der Waals surface area contributed by atoms with Crippen molar-refractivity contribution in [3.8, 4) is 0 Å². The van der Waals surface area contributed by atoms with Crippen LogP contribution in [0.3, 0.4) is 0 Å². The van der Waals surface area contributed by atoms with Crippen LogP contribution in [0.15, 0.2) is 15.8 Å². The Bertz CT molecular complexity index is 681. The molecule has 1 aromatic rings. The third kappa shape index (κ3) is 4.24. The predicted octanol–water partition coefficient (Wildman–Crippen LogP) is 0.0454. The molecule has 0 unspecified atom stereocenters. The van der Waals surface area contributed by atoms with Gasteiger partial charge in [-0.1, -0.05) is 22.6 Å². The summed E-state index contributed by atoms with van der Waals surface area (Å²) in [6.45, 7) is 1.56. The molecule has 1 aliphatic rings. The Morgan fingerprint density at radius 2 is 2.24 bits per heavy atom. The number of nitrogens with zero attached hydrogens (tertiary/aromatic N) is 1. The molecule has 0 bridgehead atoms. The second-order valence-electron chi connectivity index (χ2n) is 4.65. The zero-order valence-electron chi connectivity index (χ0n) is 10.9. The van der Waals surface area contributed by atoms with E-state index in [0.29, 0.717) is 12.0 Å². The molecule has 3 N–H and O–H groups in total. The van der Waals surface area contributed by atoms with Crippen molar-refractivity contribution in [1.82, 2.24) is 9.55 Å². The minimum Gasteiger partial charge on any atom is -0.339 e. The number of ether oxygens (including phenoxy) is 2. The van der Waals surface area contributed by atoms with E-state index in [9.17, 15) is 14.2 Å². The van der Waals surface area contributed by atoms with Crippen molar-refractivity contribution < 1.29 is 23.8 Å². The number of rotatable bonds is 4. The van der Waals surface area contributed by atoms with Crippen molar-refractivity contribution in [2.45, 2.75) is 29.8 Å². The summed E-state index contributed by atoms with van der Waals surface area (Å²) < 4.78 is 22.4. The number of halogens is 1. The summed E-state index contributed by atoms with van der Waals surface area (Å²) in [6.07, 6.45) is -0.430. The molecule has 3 atom stereocenters. The van der Waals surface area contributed by atoms with Crippen LogP contribution in [-0.2, 0) is 14.0 Å². The molecule has 0 radical (unpaired) electrons. The Kier molecular flexibility index (Phi) is 5.06. The molecule has 0 aromatic carbocycles. The fourth-order valence-corrected chi connectivity index (χ4v) is 3.05. The SMILES string of the molecule is Cc1cn([C@H]2C[C@H](I)[C@@H](OCP(=O)(O)O)O2)c(=O)[nH]c1=O. The highest BCUT2D eigenvalue weighted by Gasteiger charge is 2.37. The lowest BCUT2D eigenvalue weighted by atomic mass is 10.3. The van der Waals surface area contributed by atoms with Crippen LogP contribution in [-0.4, -0.2) is 35.9 Å². The number of hydrogen-bond acceptors (Lipinski definition) is 5. The van der Waals surface area contributed by atoms with Gasteiger partial charge in [0, 0.05) is 18.2 Å². The molecule has 0 amide bonds. The topological polar surface area (TPSA) is 131 Å². The van der Waals surface area contributed by atoms with E-state index in [1.165, 1.54) is 10.8 Å². The molecule has 1 saturated heterocycles. The molecule has 21 heavy (non-hydrogen) atoms. The quantitative estimate of drug-likeness (QED) is 0.348. The number of hydrogen-bond donors (Lipinski definition) is 3. The molecule has 0 saturated carbocycles. The van der Waals surface area contributed by atoms with Gasteiger partial charge in [-0.15, -0.1) is 0 Å². The Morgan fingerprint density at radius 3 is 2.86 bits per heavy atom. The van der Waals surface area contributed by atoms with E-state index in [1.54, 1.807) is 6.92 Å². The van der Waals surface area contributed by atoms with Gasteiger partial charge in [0.2, 0.25) is 0 Å². The highest BCUT2D eigenvalue weighted by atomic mass is 127. The van der Waals surface area contributed by atoms with Crippen molar-refractivity contribution in [1.29, 1.82) is 0 Å². The molecule has 1 fully saturated rings. The second-order valence-corrected chi connectivity index (χ2v) is 7.84. The molecule has 11 heteroatoms. The Morgan fingerprint density at radius 1 is 1.57 bits per heavy atom. The Balaban J connectivity index is 2.14. The van der Waals surface area contributed by atoms with Crippen molar-refractivity contribution in [3.63, 3.8) is 0 Å². The first-order valence-electron chi connectivity index (χ1n) is 5.95. The molecular formula is C10H14IN2O7P. The fraction of sp³-hybridized carbons (Fsp3) is 0.600. The summed E-state index contributed by atoms with van der Waals surface area (Å²) >= 11 is 2.02. The summed E-state index contributed by atoms with van der Waals surface area (Å²) in [5, 5.41) is 0. The first-order chi connectivity index (χ1) is 9.67. The molecule has 1 aliphatic heterocycles. The number of nitrogens with one attached hydrogen (secondary N) is 1. The van der Waals surface area contributed by atoms with Crippen molar-refractivity contribution in [2.75, 3.05) is 6.35 Å². The zero-order chi connectivity index (χ0) is 15.8. The predicted molar refractivity (Wildman–Crippen MR) is 80.4 cm³/mol. The minimum absolute atomic E-state index is 0.182. The maximum atomic E-state index is 11.8. The molecule has 118 valence electrons. The summed E-state index contributed by atoms with van der Waals surface area (Å²) in [5.41, 5.74) is -0.702. The Labute approximate surface area is 132 Å². The first-order valence-corrected chi connectivity index (χ1v) is 8.99. The van der Waals surface area contributed by atoms with Crippen LogP contribution >= 0.6 is 30.2 Å². The van der Waals surface area contributed by atoms with E-state index in [0.717, 1.165) is 0 Å². The minimum atomic E-state index is -4.28. The smallest absolute Gasteiger partial charge is 0.339 e. The van der Waals surface area contributed by atoms with E-state index in [-0.39, 0.29) is 3.92 Å². The van der Waals surface area contributed by atoms with Gasteiger partial charge >= 0.3 is 13.3 Å². The summed E-state index contributed by atoms with van der Waals surface area (Å²) in [7, 11) is -4.28. The van der Waals surface area contributed by atoms with Gasteiger partial charge in [-0.3, -0.25) is 18.9 Å². The average Bonchev–Trinajstić information content (AvgIpc) is 2.72. The summed E-state index contributed by atoms with van der Waals surface area (Å²) in [5.74, 6) is 0. The van der Waals surface area contributed by atoms with Gasteiger partial charge in [-0.05, 0) is 6.92 Å². The van der Waals surface area contributed by atoms with Crippen LogP contribution in [0.5, 0.6) is 0 Å². The van der Waals surface area contributed by atoms with Crippen molar-refractivity contribution in [2.24, 2.45) is 0 Å². The van der Waals surface area contributed by atoms with Crippen LogP contribution in [0, 0.1) is 6.92 Å². The number of H-pyrrole nitrogens is 1. The van der Waals surface area contributed by atoms with Crippen LogP contribution in [0.2, 0.25) is 0 Å². The molecule has 0 aliphatic carbocycles. The van der Waals surface area contributed by atoms with Crippen LogP contribution < -0.4 is 11.2 Å². The van der Waals surface area contributed by atoms with Crippen molar-refractivity contribution in [3.05, 3.63) is 32.6 Å². The van der Waals surface area contributed by atoms with Gasteiger partial charge in [0.25, 0.3) is 5.56 Å². The number of alkyl halides is 1. The van der Waals surface area contributed by atoms with Gasteiger partial charge in [0.05, 0.1) is 3.92 Å². The third-order valence-corrected chi connectivity index (χ3v) is 4.46. The molecule has 0 spiro atoms. The zero-order valence-corrected chi connectivity index (χ0v) is 14.0. The Hall–Kier alpha value is -0.520. The van der Waals surface area contributed by atoms with Gasteiger partial charge in [-0.2, -0.15) is 0 Å².